The summed E-state index contributed by atoms with van der Waals surface area (Å²) in [6.07, 6.45) is 8.99. The van der Waals surface area contributed by atoms with Crippen LogP contribution in [0.3, 0.4) is 0 Å². The lowest BCUT2D eigenvalue weighted by atomic mass is 9.86. The second-order valence-corrected chi connectivity index (χ2v) is 8.62. The van der Waals surface area contributed by atoms with Crippen LogP contribution in [0.1, 0.15) is 58.3 Å². The third-order valence-corrected chi connectivity index (χ3v) is 6.13. The highest BCUT2D eigenvalue weighted by Crippen LogP contribution is 2.32. The van der Waals surface area contributed by atoms with Crippen molar-refractivity contribution in [1.29, 1.82) is 0 Å². The van der Waals surface area contributed by atoms with E-state index in [-0.39, 0.29) is 5.91 Å². The molecule has 1 aliphatic rings. The maximum Gasteiger partial charge on any atom is 0.224 e. The van der Waals surface area contributed by atoms with Gasteiger partial charge in [-0.25, -0.2) is 4.98 Å². The SMILES string of the molecule is CNCCC(C)Nc1ccc2c(NC(=O)CCC3CCCCC3)c(Cl)ccc2n1. The smallest absolute Gasteiger partial charge is 0.224 e. The Morgan fingerprint density at radius 2 is 2.00 bits per heavy atom. The summed E-state index contributed by atoms with van der Waals surface area (Å²) >= 11 is 6.41. The topological polar surface area (TPSA) is 66.0 Å². The number of hydrogen-bond acceptors (Lipinski definition) is 4. The first kappa shape index (κ1) is 21.8. The van der Waals surface area contributed by atoms with Crippen LogP contribution in [0.25, 0.3) is 10.9 Å². The number of carbonyl (C=O) groups excluding carboxylic acids is 1. The van der Waals surface area contributed by atoms with E-state index in [1.54, 1.807) is 0 Å². The molecule has 1 amide bonds. The Labute approximate surface area is 179 Å². The molecule has 0 radical (unpaired) electrons. The van der Waals surface area contributed by atoms with Crippen molar-refractivity contribution in [2.24, 2.45) is 5.92 Å². The lowest BCUT2D eigenvalue weighted by Gasteiger charge is -2.21. The number of aromatic nitrogens is 1. The van der Waals surface area contributed by atoms with Crippen molar-refractivity contribution in [3.05, 3.63) is 29.3 Å². The zero-order valence-electron chi connectivity index (χ0n) is 17.6. The molecular weight excluding hydrogens is 384 g/mol. The van der Waals surface area contributed by atoms with E-state index in [4.69, 9.17) is 16.6 Å². The summed E-state index contributed by atoms with van der Waals surface area (Å²) < 4.78 is 0. The van der Waals surface area contributed by atoms with E-state index in [0.29, 0.717) is 29.1 Å². The van der Waals surface area contributed by atoms with Crippen molar-refractivity contribution >= 4 is 39.9 Å². The van der Waals surface area contributed by atoms with Crippen molar-refractivity contribution in [1.82, 2.24) is 10.3 Å². The van der Waals surface area contributed by atoms with Crippen molar-refractivity contribution in [3.8, 4) is 0 Å². The highest BCUT2D eigenvalue weighted by molar-refractivity contribution is 6.35. The number of fused-ring (bicyclic) bond motifs is 1. The minimum absolute atomic E-state index is 0.0351. The quantitative estimate of drug-likeness (QED) is 0.498. The molecule has 0 saturated heterocycles. The van der Waals surface area contributed by atoms with Gasteiger partial charge in [0.25, 0.3) is 0 Å². The highest BCUT2D eigenvalue weighted by atomic mass is 35.5. The van der Waals surface area contributed by atoms with Gasteiger partial charge < -0.3 is 16.0 Å². The molecule has 2 aromatic rings. The van der Waals surface area contributed by atoms with Crippen LogP contribution in [0, 0.1) is 5.92 Å². The molecule has 1 aromatic carbocycles. The number of carbonyl (C=O) groups is 1. The van der Waals surface area contributed by atoms with Gasteiger partial charge in [-0.15, -0.1) is 0 Å². The van der Waals surface area contributed by atoms with Crippen LogP contribution in [0.4, 0.5) is 11.5 Å². The number of nitrogens with zero attached hydrogens (tertiary/aromatic N) is 1. The average molecular weight is 417 g/mol. The van der Waals surface area contributed by atoms with E-state index in [2.05, 4.69) is 22.9 Å². The van der Waals surface area contributed by atoms with Gasteiger partial charge in [-0.2, -0.15) is 0 Å². The fourth-order valence-corrected chi connectivity index (χ4v) is 4.30. The molecule has 1 aliphatic carbocycles. The minimum Gasteiger partial charge on any atom is -0.368 e. The second kappa shape index (κ2) is 10.8. The second-order valence-electron chi connectivity index (χ2n) is 8.21. The highest BCUT2D eigenvalue weighted by Gasteiger charge is 2.16. The predicted molar refractivity (Wildman–Crippen MR) is 123 cm³/mol. The molecule has 158 valence electrons. The molecule has 5 nitrogen and oxygen atoms in total. The van der Waals surface area contributed by atoms with E-state index in [9.17, 15) is 4.79 Å². The number of hydrogen-bond donors (Lipinski definition) is 3. The van der Waals surface area contributed by atoms with Gasteiger partial charge in [-0.1, -0.05) is 43.7 Å². The van der Waals surface area contributed by atoms with Crippen LogP contribution in [-0.2, 0) is 4.79 Å². The average Bonchev–Trinajstić information content (AvgIpc) is 2.73. The first-order valence-corrected chi connectivity index (χ1v) is 11.2. The van der Waals surface area contributed by atoms with E-state index in [1.807, 2.05) is 31.3 Å². The van der Waals surface area contributed by atoms with Crippen LogP contribution < -0.4 is 16.0 Å². The first-order chi connectivity index (χ1) is 14.1. The number of rotatable bonds is 9. The third kappa shape index (κ3) is 6.31. The van der Waals surface area contributed by atoms with Crippen LogP contribution in [0.5, 0.6) is 0 Å². The Balaban J connectivity index is 1.66. The van der Waals surface area contributed by atoms with E-state index in [0.717, 1.165) is 36.1 Å². The predicted octanol–water partition coefficient (Wildman–Crippen LogP) is 5.60. The largest absolute Gasteiger partial charge is 0.368 e. The molecule has 0 bridgehead atoms. The minimum atomic E-state index is 0.0351. The lowest BCUT2D eigenvalue weighted by molar-refractivity contribution is -0.116. The van der Waals surface area contributed by atoms with Gasteiger partial charge in [0, 0.05) is 17.8 Å². The van der Waals surface area contributed by atoms with Gasteiger partial charge in [0.2, 0.25) is 5.91 Å². The van der Waals surface area contributed by atoms with Gasteiger partial charge >= 0.3 is 0 Å². The number of nitrogens with one attached hydrogen (secondary N) is 3. The van der Waals surface area contributed by atoms with Gasteiger partial charge in [-0.05, 0) is 63.5 Å². The summed E-state index contributed by atoms with van der Waals surface area (Å²) in [5, 5.41) is 11.1. The summed E-state index contributed by atoms with van der Waals surface area (Å²) in [5.41, 5.74) is 1.49. The van der Waals surface area contributed by atoms with Crippen molar-refractivity contribution in [3.63, 3.8) is 0 Å². The Morgan fingerprint density at radius 1 is 1.21 bits per heavy atom. The number of amides is 1. The fourth-order valence-electron chi connectivity index (χ4n) is 4.08. The molecule has 29 heavy (non-hydrogen) atoms. The summed E-state index contributed by atoms with van der Waals surface area (Å²) in [5.74, 6) is 1.56. The van der Waals surface area contributed by atoms with Crippen molar-refractivity contribution in [2.45, 2.75) is 64.3 Å². The summed E-state index contributed by atoms with van der Waals surface area (Å²) in [7, 11) is 1.95. The van der Waals surface area contributed by atoms with Gasteiger partial charge in [-0.3, -0.25) is 4.79 Å². The summed E-state index contributed by atoms with van der Waals surface area (Å²) in [6, 6.07) is 7.96. The first-order valence-electron chi connectivity index (χ1n) is 10.9. The zero-order chi connectivity index (χ0) is 20.6. The Bertz CT molecular complexity index is 820. The zero-order valence-corrected chi connectivity index (χ0v) is 18.3. The van der Waals surface area contributed by atoms with Crippen LogP contribution >= 0.6 is 11.6 Å². The Morgan fingerprint density at radius 3 is 2.76 bits per heavy atom. The number of anilines is 2. The molecule has 1 heterocycles. The van der Waals surface area contributed by atoms with Gasteiger partial charge in [0.1, 0.15) is 5.82 Å². The summed E-state index contributed by atoms with van der Waals surface area (Å²) in [6.45, 7) is 3.09. The normalized spacial score (nSPS) is 16.0. The fraction of sp³-hybridized carbons (Fsp3) is 0.565. The standard InChI is InChI=1S/C23H33ClN4O/c1-16(14-15-25-2)26-21-12-9-18-20(27-21)11-10-19(24)23(18)28-22(29)13-8-17-6-4-3-5-7-17/h9-12,16-17,25H,3-8,13-15H2,1-2H3,(H,26,27)(H,28,29). The molecule has 1 fully saturated rings. The molecular formula is C23H33ClN4O. The van der Waals surface area contributed by atoms with Gasteiger partial charge in [0.05, 0.1) is 16.2 Å². The number of pyridine rings is 1. The number of benzene rings is 1. The van der Waals surface area contributed by atoms with Gasteiger partial charge in [0.15, 0.2) is 0 Å². The molecule has 1 unspecified atom stereocenters. The number of halogens is 1. The molecule has 1 aromatic heterocycles. The molecule has 0 aliphatic heterocycles. The molecule has 6 heteroatoms. The van der Waals surface area contributed by atoms with E-state index < -0.39 is 0 Å². The van der Waals surface area contributed by atoms with Crippen molar-refractivity contribution < 1.29 is 4.79 Å². The molecule has 1 saturated carbocycles. The van der Waals surface area contributed by atoms with Crippen molar-refractivity contribution in [2.75, 3.05) is 24.2 Å². The van der Waals surface area contributed by atoms with Crippen LogP contribution in [0.15, 0.2) is 24.3 Å². The Kier molecular flexibility index (Phi) is 8.13. The van der Waals surface area contributed by atoms with Crippen LogP contribution in [0.2, 0.25) is 5.02 Å². The van der Waals surface area contributed by atoms with E-state index in [1.165, 1.54) is 32.1 Å². The maximum atomic E-state index is 12.6. The maximum absolute atomic E-state index is 12.6. The summed E-state index contributed by atoms with van der Waals surface area (Å²) in [4.78, 5) is 17.3. The molecule has 3 N–H and O–H groups in total. The van der Waals surface area contributed by atoms with E-state index >= 15 is 0 Å². The Hall–Kier alpha value is -1.85. The monoisotopic (exact) mass is 416 g/mol. The third-order valence-electron chi connectivity index (χ3n) is 5.81. The van der Waals surface area contributed by atoms with Crippen LogP contribution in [-0.4, -0.2) is 30.5 Å². The molecule has 0 spiro atoms. The molecule has 1 atom stereocenters. The lowest BCUT2D eigenvalue weighted by Crippen LogP contribution is -2.21. The molecule has 3 rings (SSSR count).